The number of aromatic nitrogens is 2. The molecule has 1 aliphatic rings. The van der Waals surface area contributed by atoms with Crippen LogP contribution in [-0.2, 0) is 0 Å². The van der Waals surface area contributed by atoms with Gasteiger partial charge in [-0.3, -0.25) is 0 Å². The maximum atomic E-state index is 4.76. The summed E-state index contributed by atoms with van der Waals surface area (Å²) in [6.45, 7) is 4.26. The van der Waals surface area contributed by atoms with Crippen molar-refractivity contribution < 1.29 is 0 Å². The van der Waals surface area contributed by atoms with Crippen molar-refractivity contribution in [1.82, 2.24) is 9.97 Å². The average molecular weight is 253 g/mol. The third-order valence-corrected chi connectivity index (χ3v) is 3.84. The highest BCUT2D eigenvalue weighted by atomic mass is 15.0. The van der Waals surface area contributed by atoms with Crippen LogP contribution in [0.3, 0.4) is 0 Å². The van der Waals surface area contributed by atoms with Crippen molar-refractivity contribution in [2.75, 3.05) is 12.4 Å². The minimum atomic E-state index is 0.638. The Morgan fingerprint density at radius 2 is 1.95 bits per heavy atom. The van der Waals surface area contributed by atoms with Gasteiger partial charge in [-0.25, -0.2) is 9.97 Å². The second kappa shape index (κ2) is 4.65. The normalized spacial score (nSPS) is 14.5. The Kier molecular flexibility index (Phi) is 2.97. The van der Waals surface area contributed by atoms with E-state index in [1.54, 1.807) is 0 Å². The van der Waals surface area contributed by atoms with Gasteiger partial charge in [-0.05, 0) is 37.8 Å². The maximum Gasteiger partial charge on any atom is 0.162 e. The molecule has 1 fully saturated rings. The van der Waals surface area contributed by atoms with Gasteiger partial charge in [-0.2, -0.15) is 0 Å². The smallest absolute Gasteiger partial charge is 0.162 e. The van der Waals surface area contributed by atoms with E-state index in [0.717, 1.165) is 17.2 Å². The minimum absolute atomic E-state index is 0.638. The van der Waals surface area contributed by atoms with Gasteiger partial charge in [0, 0.05) is 30.3 Å². The fourth-order valence-electron chi connectivity index (χ4n) is 2.30. The quantitative estimate of drug-likeness (QED) is 0.906. The first-order valence-corrected chi connectivity index (χ1v) is 6.82. The van der Waals surface area contributed by atoms with Crippen molar-refractivity contribution in [3.05, 3.63) is 41.1 Å². The predicted octanol–water partition coefficient (Wildman–Crippen LogP) is 3.68. The molecule has 1 heterocycles. The van der Waals surface area contributed by atoms with Gasteiger partial charge in [0.05, 0.1) is 0 Å². The lowest BCUT2D eigenvalue weighted by Gasteiger charge is -2.10. The number of rotatable bonds is 3. The molecule has 1 aromatic carbocycles. The zero-order valence-corrected chi connectivity index (χ0v) is 11.7. The number of hydrogen-bond donors (Lipinski definition) is 1. The lowest BCUT2D eigenvalue weighted by atomic mass is 10.0. The van der Waals surface area contributed by atoms with E-state index in [1.165, 1.54) is 29.7 Å². The van der Waals surface area contributed by atoms with Gasteiger partial charge < -0.3 is 5.32 Å². The van der Waals surface area contributed by atoms with Crippen LogP contribution in [0.5, 0.6) is 0 Å². The minimum Gasteiger partial charge on any atom is -0.373 e. The van der Waals surface area contributed by atoms with Crippen molar-refractivity contribution in [1.29, 1.82) is 0 Å². The summed E-state index contributed by atoms with van der Waals surface area (Å²) in [5.74, 6) is 2.39. The lowest BCUT2D eigenvalue weighted by Crippen LogP contribution is -2.01. The number of nitrogens with one attached hydrogen (secondary N) is 1. The molecule has 19 heavy (non-hydrogen) atoms. The van der Waals surface area contributed by atoms with Crippen LogP contribution in [0.25, 0.3) is 11.4 Å². The van der Waals surface area contributed by atoms with Crippen molar-refractivity contribution in [3.63, 3.8) is 0 Å². The topological polar surface area (TPSA) is 37.8 Å². The molecule has 1 saturated carbocycles. The monoisotopic (exact) mass is 253 g/mol. The summed E-state index contributed by atoms with van der Waals surface area (Å²) in [7, 11) is 1.91. The molecule has 0 radical (unpaired) electrons. The molecule has 3 nitrogen and oxygen atoms in total. The van der Waals surface area contributed by atoms with Crippen LogP contribution < -0.4 is 5.32 Å². The van der Waals surface area contributed by atoms with Crippen molar-refractivity contribution >= 4 is 5.82 Å². The molecule has 1 N–H and O–H groups in total. The van der Waals surface area contributed by atoms with Crippen LogP contribution in [0, 0.1) is 13.8 Å². The van der Waals surface area contributed by atoms with E-state index in [9.17, 15) is 0 Å². The van der Waals surface area contributed by atoms with Crippen LogP contribution in [0.15, 0.2) is 24.3 Å². The fourth-order valence-corrected chi connectivity index (χ4v) is 2.30. The molecule has 0 amide bonds. The lowest BCUT2D eigenvalue weighted by molar-refractivity contribution is 0.992. The van der Waals surface area contributed by atoms with E-state index in [1.807, 2.05) is 7.05 Å². The summed E-state index contributed by atoms with van der Waals surface area (Å²) in [5.41, 5.74) is 4.86. The molecule has 0 saturated heterocycles. The van der Waals surface area contributed by atoms with E-state index in [-0.39, 0.29) is 0 Å². The molecule has 0 atom stereocenters. The van der Waals surface area contributed by atoms with Crippen molar-refractivity contribution in [3.8, 4) is 11.4 Å². The molecule has 1 aliphatic carbocycles. The Labute approximate surface area is 114 Å². The fraction of sp³-hybridized carbons (Fsp3) is 0.375. The van der Waals surface area contributed by atoms with Crippen LogP contribution in [-0.4, -0.2) is 17.0 Å². The second-order valence-electron chi connectivity index (χ2n) is 5.27. The highest BCUT2D eigenvalue weighted by molar-refractivity contribution is 5.63. The number of benzene rings is 1. The molecular formula is C16H19N3. The SMILES string of the molecule is CNc1cc(C2CC2)nc(-c2cccc(C)c2C)n1. The average Bonchev–Trinajstić information content (AvgIpc) is 3.26. The zero-order chi connectivity index (χ0) is 13.4. The van der Waals surface area contributed by atoms with Gasteiger partial charge in [0.2, 0.25) is 0 Å². The van der Waals surface area contributed by atoms with Crippen molar-refractivity contribution in [2.45, 2.75) is 32.6 Å². The maximum absolute atomic E-state index is 4.76. The Balaban J connectivity index is 2.13. The van der Waals surface area contributed by atoms with Gasteiger partial charge in [0.1, 0.15) is 5.82 Å². The van der Waals surface area contributed by atoms with Crippen LogP contribution in [0.2, 0.25) is 0 Å². The highest BCUT2D eigenvalue weighted by Crippen LogP contribution is 2.40. The predicted molar refractivity (Wildman–Crippen MR) is 78.5 cm³/mol. The van der Waals surface area contributed by atoms with Gasteiger partial charge in [-0.15, -0.1) is 0 Å². The molecule has 2 aromatic rings. The van der Waals surface area contributed by atoms with Crippen molar-refractivity contribution in [2.24, 2.45) is 0 Å². The number of nitrogens with zero attached hydrogens (tertiary/aromatic N) is 2. The summed E-state index contributed by atoms with van der Waals surface area (Å²) < 4.78 is 0. The molecule has 0 spiro atoms. The van der Waals surface area contributed by atoms with E-state index in [0.29, 0.717) is 5.92 Å². The Hall–Kier alpha value is -1.90. The summed E-state index contributed by atoms with van der Waals surface area (Å²) in [5, 5.41) is 3.14. The number of anilines is 1. The van der Waals surface area contributed by atoms with Gasteiger partial charge in [0.25, 0.3) is 0 Å². The molecule has 3 rings (SSSR count). The van der Waals surface area contributed by atoms with Gasteiger partial charge in [-0.1, -0.05) is 18.2 Å². The molecule has 1 aromatic heterocycles. The first kappa shape index (κ1) is 12.2. The van der Waals surface area contributed by atoms with E-state index in [2.05, 4.69) is 48.4 Å². The summed E-state index contributed by atoms with van der Waals surface area (Å²) in [4.78, 5) is 9.38. The van der Waals surface area contributed by atoms with E-state index in [4.69, 9.17) is 4.98 Å². The first-order valence-electron chi connectivity index (χ1n) is 6.82. The summed E-state index contributed by atoms with van der Waals surface area (Å²) in [6, 6.07) is 8.38. The third-order valence-electron chi connectivity index (χ3n) is 3.84. The molecular weight excluding hydrogens is 234 g/mol. The standard InChI is InChI=1S/C16H19N3/c1-10-5-4-6-13(11(10)2)16-18-14(12-7-8-12)9-15(17-3)19-16/h4-6,9,12H,7-8H2,1-3H3,(H,17,18,19). The Bertz CT molecular complexity index is 615. The number of aryl methyl sites for hydroxylation is 1. The van der Waals surface area contributed by atoms with E-state index >= 15 is 0 Å². The largest absolute Gasteiger partial charge is 0.373 e. The molecule has 0 aliphatic heterocycles. The number of hydrogen-bond acceptors (Lipinski definition) is 3. The van der Waals surface area contributed by atoms with Gasteiger partial charge in [0.15, 0.2) is 5.82 Å². The molecule has 3 heteroatoms. The first-order chi connectivity index (χ1) is 9.19. The van der Waals surface area contributed by atoms with Gasteiger partial charge >= 0.3 is 0 Å². The summed E-state index contributed by atoms with van der Waals surface area (Å²) >= 11 is 0. The summed E-state index contributed by atoms with van der Waals surface area (Å²) in [6.07, 6.45) is 2.51. The Morgan fingerprint density at radius 3 is 2.63 bits per heavy atom. The highest BCUT2D eigenvalue weighted by Gasteiger charge is 2.26. The van der Waals surface area contributed by atoms with Crippen LogP contribution >= 0.6 is 0 Å². The molecule has 0 bridgehead atoms. The van der Waals surface area contributed by atoms with Crippen LogP contribution in [0.4, 0.5) is 5.82 Å². The molecule has 0 unspecified atom stereocenters. The molecule has 98 valence electrons. The van der Waals surface area contributed by atoms with Crippen LogP contribution in [0.1, 0.15) is 35.6 Å². The van der Waals surface area contributed by atoms with E-state index < -0.39 is 0 Å². The zero-order valence-electron chi connectivity index (χ0n) is 11.7. The third kappa shape index (κ3) is 2.33. The second-order valence-corrected chi connectivity index (χ2v) is 5.27. The Morgan fingerprint density at radius 1 is 1.16 bits per heavy atom.